The molecule has 0 N–H and O–H groups in total. The Morgan fingerprint density at radius 3 is 2.54 bits per heavy atom. The van der Waals surface area contributed by atoms with Crippen LogP contribution in [0.2, 0.25) is 0 Å². The molecule has 0 aliphatic carbocycles. The van der Waals surface area contributed by atoms with Crippen LogP contribution >= 0.6 is 11.8 Å². The number of benzene rings is 1. The van der Waals surface area contributed by atoms with Crippen LogP contribution in [0.25, 0.3) is 5.69 Å². The van der Waals surface area contributed by atoms with Crippen molar-refractivity contribution in [2.24, 2.45) is 0 Å². The Bertz CT molecular complexity index is 838. The molecule has 0 radical (unpaired) electrons. The van der Waals surface area contributed by atoms with Crippen molar-refractivity contribution in [1.29, 1.82) is 0 Å². The first-order valence-electron chi connectivity index (χ1n) is 9.10. The van der Waals surface area contributed by atoms with Crippen molar-refractivity contribution in [3.8, 4) is 5.69 Å². The van der Waals surface area contributed by atoms with Crippen LogP contribution in [0.5, 0.6) is 0 Å². The van der Waals surface area contributed by atoms with Crippen molar-refractivity contribution in [2.75, 3.05) is 18.0 Å². The highest BCUT2D eigenvalue weighted by atomic mass is 32.2. The number of thioether (sulfide) groups is 1. The van der Waals surface area contributed by atoms with E-state index in [0.717, 1.165) is 35.6 Å². The van der Waals surface area contributed by atoms with E-state index in [2.05, 4.69) is 61.9 Å². The Kier molecular flexibility index (Phi) is 5.20. The lowest BCUT2D eigenvalue weighted by molar-refractivity contribution is 0.564. The van der Waals surface area contributed by atoms with E-state index in [1.54, 1.807) is 18.0 Å². The maximum atomic E-state index is 4.55. The van der Waals surface area contributed by atoms with E-state index in [9.17, 15) is 0 Å². The van der Waals surface area contributed by atoms with Gasteiger partial charge in [-0.15, -0.1) is 10.2 Å². The van der Waals surface area contributed by atoms with Crippen molar-refractivity contribution >= 4 is 17.7 Å². The van der Waals surface area contributed by atoms with Gasteiger partial charge in [-0.3, -0.25) is 9.55 Å². The van der Waals surface area contributed by atoms with Gasteiger partial charge in [-0.25, -0.2) is 0 Å². The first-order chi connectivity index (χ1) is 12.8. The normalized spacial score (nSPS) is 14.6. The second kappa shape index (κ2) is 7.91. The highest BCUT2D eigenvalue weighted by Crippen LogP contribution is 2.30. The minimum absolute atomic E-state index is 0.831. The van der Waals surface area contributed by atoms with Gasteiger partial charge < -0.3 is 4.90 Å². The largest absolute Gasteiger partial charge is 0.341 e. The molecule has 1 aromatic carbocycles. The summed E-state index contributed by atoms with van der Waals surface area (Å²) >= 11 is 1.71. The molecule has 0 unspecified atom stereocenters. The third-order valence-corrected chi connectivity index (χ3v) is 5.64. The minimum Gasteiger partial charge on any atom is -0.341 e. The molecule has 0 bridgehead atoms. The van der Waals surface area contributed by atoms with E-state index < -0.39 is 0 Å². The summed E-state index contributed by atoms with van der Waals surface area (Å²) in [6.07, 6.45) is 7.46. The van der Waals surface area contributed by atoms with E-state index in [0.29, 0.717) is 0 Å². The summed E-state index contributed by atoms with van der Waals surface area (Å²) in [5.41, 5.74) is 3.57. The zero-order valence-electron chi connectivity index (χ0n) is 15.0. The minimum atomic E-state index is 0.831. The van der Waals surface area contributed by atoms with Crippen molar-refractivity contribution in [3.05, 3.63) is 59.9 Å². The zero-order valence-corrected chi connectivity index (χ0v) is 15.8. The molecular formula is C20H23N5S. The topological polar surface area (TPSA) is 46.8 Å². The lowest BCUT2D eigenvalue weighted by atomic mass is 10.1. The number of aryl methyl sites for hydroxylation is 1. The fourth-order valence-electron chi connectivity index (χ4n) is 3.21. The zero-order chi connectivity index (χ0) is 17.8. The maximum absolute atomic E-state index is 4.55. The SMILES string of the molecule is Cc1ccc(-n2c(SCc3cccnc3)nnc2N2CCCCC2)cc1. The molecule has 0 saturated carbocycles. The molecule has 1 saturated heterocycles. The molecule has 1 aliphatic heterocycles. The first-order valence-corrected chi connectivity index (χ1v) is 10.1. The second-order valence-electron chi connectivity index (χ2n) is 6.65. The number of aromatic nitrogens is 4. The van der Waals surface area contributed by atoms with Crippen LogP contribution in [0.1, 0.15) is 30.4 Å². The molecule has 1 aliphatic rings. The highest BCUT2D eigenvalue weighted by molar-refractivity contribution is 7.98. The average Bonchev–Trinajstić information content (AvgIpc) is 3.12. The second-order valence-corrected chi connectivity index (χ2v) is 7.59. The molecule has 0 spiro atoms. The van der Waals surface area contributed by atoms with Gasteiger partial charge in [0, 0.05) is 31.2 Å². The van der Waals surface area contributed by atoms with Crippen LogP contribution in [0.15, 0.2) is 53.9 Å². The molecule has 0 amide bonds. The summed E-state index contributed by atoms with van der Waals surface area (Å²) in [5.74, 6) is 1.79. The standard InChI is InChI=1S/C20H23N5S/c1-16-7-9-18(10-8-16)25-19(24-12-3-2-4-13-24)22-23-20(25)26-15-17-6-5-11-21-14-17/h5-11,14H,2-4,12-13,15H2,1H3. The maximum Gasteiger partial charge on any atom is 0.232 e. The highest BCUT2D eigenvalue weighted by Gasteiger charge is 2.21. The quantitative estimate of drug-likeness (QED) is 0.633. The van der Waals surface area contributed by atoms with Gasteiger partial charge in [0.05, 0.1) is 5.69 Å². The van der Waals surface area contributed by atoms with Gasteiger partial charge in [-0.1, -0.05) is 35.5 Å². The molecule has 26 heavy (non-hydrogen) atoms. The van der Waals surface area contributed by atoms with Crippen molar-refractivity contribution < 1.29 is 0 Å². The van der Waals surface area contributed by atoms with Gasteiger partial charge in [-0.05, 0) is 49.9 Å². The average molecular weight is 366 g/mol. The van der Waals surface area contributed by atoms with Gasteiger partial charge in [0.2, 0.25) is 5.95 Å². The van der Waals surface area contributed by atoms with E-state index >= 15 is 0 Å². The summed E-state index contributed by atoms with van der Waals surface area (Å²) < 4.78 is 2.20. The Morgan fingerprint density at radius 2 is 1.81 bits per heavy atom. The number of hydrogen-bond acceptors (Lipinski definition) is 5. The van der Waals surface area contributed by atoms with Crippen molar-refractivity contribution in [3.63, 3.8) is 0 Å². The third kappa shape index (κ3) is 3.75. The van der Waals surface area contributed by atoms with Crippen LogP contribution in [0, 0.1) is 6.92 Å². The molecule has 1 fully saturated rings. The van der Waals surface area contributed by atoms with Crippen molar-refractivity contribution in [2.45, 2.75) is 37.1 Å². The van der Waals surface area contributed by atoms with Gasteiger partial charge in [0.1, 0.15) is 0 Å². The first kappa shape index (κ1) is 17.1. The van der Waals surface area contributed by atoms with E-state index in [1.165, 1.54) is 30.4 Å². The van der Waals surface area contributed by atoms with E-state index in [1.807, 2.05) is 12.3 Å². The molecule has 4 rings (SSSR count). The molecular weight excluding hydrogens is 342 g/mol. The number of pyridine rings is 1. The predicted molar refractivity (Wildman–Crippen MR) is 106 cm³/mol. The third-order valence-electron chi connectivity index (χ3n) is 4.64. The Balaban J connectivity index is 1.66. The lowest BCUT2D eigenvalue weighted by Crippen LogP contribution is -2.31. The molecule has 0 atom stereocenters. The van der Waals surface area contributed by atoms with Crippen LogP contribution in [-0.2, 0) is 5.75 Å². The monoisotopic (exact) mass is 365 g/mol. The molecule has 5 nitrogen and oxygen atoms in total. The molecule has 2 aromatic heterocycles. The van der Waals surface area contributed by atoms with Gasteiger partial charge in [0.25, 0.3) is 0 Å². The predicted octanol–water partition coefficient (Wildman–Crippen LogP) is 4.25. The number of rotatable bonds is 5. The van der Waals surface area contributed by atoms with Crippen LogP contribution in [0.3, 0.4) is 0 Å². The van der Waals surface area contributed by atoms with Crippen molar-refractivity contribution in [1.82, 2.24) is 19.7 Å². The number of anilines is 1. The number of hydrogen-bond donors (Lipinski definition) is 0. The van der Waals surface area contributed by atoms with Crippen LogP contribution in [0.4, 0.5) is 5.95 Å². The summed E-state index contributed by atoms with van der Waals surface area (Å²) in [6.45, 7) is 4.22. The van der Waals surface area contributed by atoms with E-state index in [4.69, 9.17) is 0 Å². The summed E-state index contributed by atoms with van der Waals surface area (Å²) in [7, 11) is 0. The van der Waals surface area contributed by atoms with Gasteiger partial charge in [-0.2, -0.15) is 0 Å². The number of piperidine rings is 1. The molecule has 6 heteroatoms. The van der Waals surface area contributed by atoms with Crippen LogP contribution < -0.4 is 4.90 Å². The summed E-state index contributed by atoms with van der Waals surface area (Å²) in [6, 6.07) is 12.7. The Morgan fingerprint density at radius 1 is 1.00 bits per heavy atom. The van der Waals surface area contributed by atoms with E-state index in [-0.39, 0.29) is 0 Å². The molecule has 3 heterocycles. The number of nitrogens with zero attached hydrogens (tertiary/aromatic N) is 5. The van der Waals surface area contributed by atoms with Crippen LogP contribution in [-0.4, -0.2) is 32.8 Å². The Labute approximate surface area is 158 Å². The Hall–Kier alpha value is -2.34. The smallest absolute Gasteiger partial charge is 0.232 e. The molecule has 134 valence electrons. The molecule has 3 aromatic rings. The van der Waals surface area contributed by atoms with Gasteiger partial charge >= 0.3 is 0 Å². The summed E-state index contributed by atoms with van der Waals surface area (Å²) in [4.78, 5) is 6.57. The fraction of sp³-hybridized carbons (Fsp3) is 0.350. The summed E-state index contributed by atoms with van der Waals surface area (Å²) in [5, 5.41) is 10.0. The van der Waals surface area contributed by atoms with Gasteiger partial charge in [0.15, 0.2) is 5.16 Å². The lowest BCUT2D eigenvalue weighted by Gasteiger charge is -2.27. The fourth-order valence-corrected chi connectivity index (χ4v) is 4.09.